The largest absolute Gasteiger partial charge is 0.356 e. The molecular formula is C12H22N2O5. The van der Waals surface area contributed by atoms with Crippen LogP contribution in [0.1, 0.15) is 47.9 Å². The van der Waals surface area contributed by atoms with Crippen LogP contribution in [0.2, 0.25) is 0 Å². The standard InChI is InChI=1S/C10H14N2O5.C2H6.H2/c1-2-11-7(13)3-6-10(16)17-12-8(14)4-5-9(12)15;1-2;/h2-6H2,1H3,(H,11,13);1-2H3;1H. The van der Waals surface area contributed by atoms with Crippen molar-refractivity contribution in [2.45, 2.75) is 46.5 Å². The van der Waals surface area contributed by atoms with Crippen LogP contribution in [0.5, 0.6) is 0 Å². The van der Waals surface area contributed by atoms with Gasteiger partial charge in [-0.1, -0.05) is 13.8 Å². The first-order chi connectivity index (χ1) is 9.04. The minimum absolute atomic E-state index is 0. The zero-order valence-corrected chi connectivity index (χ0v) is 11.5. The third-order valence-corrected chi connectivity index (χ3v) is 2.13. The van der Waals surface area contributed by atoms with Crippen LogP contribution in [-0.4, -0.2) is 35.3 Å². The highest BCUT2D eigenvalue weighted by molar-refractivity contribution is 6.01. The molecule has 0 radical (unpaired) electrons. The molecule has 0 aromatic rings. The number of hydroxylamine groups is 2. The van der Waals surface area contributed by atoms with Gasteiger partial charge in [-0.3, -0.25) is 14.4 Å². The maximum absolute atomic E-state index is 11.3. The van der Waals surface area contributed by atoms with E-state index in [0.717, 1.165) is 0 Å². The van der Waals surface area contributed by atoms with E-state index in [-0.39, 0.29) is 33.0 Å². The summed E-state index contributed by atoms with van der Waals surface area (Å²) in [7, 11) is 0. The molecule has 0 unspecified atom stereocenters. The molecule has 7 heteroatoms. The molecular weight excluding hydrogens is 252 g/mol. The summed E-state index contributed by atoms with van der Waals surface area (Å²) in [4.78, 5) is 49.1. The Bertz CT molecular complexity index is 344. The van der Waals surface area contributed by atoms with E-state index in [2.05, 4.69) is 10.2 Å². The van der Waals surface area contributed by atoms with Gasteiger partial charge in [0.2, 0.25) is 5.91 Å². The fraction of sp³-hybridized carbons (Fsp3) is 0.667. The van der Waals surface area contributed by atoms with Gasteiger partial charge in [-0.25, -0.2) is 4.79 Å². The third-order valence-electron chi connectivity index (χ3n) is 2.13. The average Bonchev–Trinajstić information content (AvgIpc) is 2.71. The minimum atomic E-state index is -0.764. The first-order valence-corrected chi connectivity index (χ1v) is 6.38. The summed E-state index contributed by atoms with van der Waals surface area (Å²) in [6, 6.07) is 0. The minimum Gasteiger partial charge on any atom is -0.356 e. The van der Waals surface area contributed by atoms with E-state index in [1.807, 2.05) is 13.8 Å². The highest BCUT2D eigenvalue weighted by Gasteiger charge is 2.32. The van der Waals surface area contributed by atoms with Crippen molar-refractivity contribution < 1.29 is 25.4 Å². The topological polar surface area (TPSA) is 92.8 Å². The molecule has 1 rings (SSSR count). The molecule has 19 heavy (non-hydrogen) atoms. The van der Waals surface area contributed by atoms with E-state index in [1.165, 1.54) is 0 Å². The molecule has 1 fully saturated rings. The average molecular weight is 274 g/mol. The van der Waals surface area contributed by atoms with Crippen molar-refractivity contribution in [3.8, 4) is 0 Å². The Morgan fingerprint density at radius 3 is 2.21 bits per heavy atom. The van der Waals surface area contributed by atoms with Gasteiger partial charge >= 0.3 is 5.97 Å². The van der Waals surface area contributed by atoms with Gasteiger partial charge in [0.05, 0.1) is 6.42 Å². The smallest absolute Gasteiger partial charge is 0.333 e. The second-order valence-corrected chi connectivity index (χ2v) is 3.50. The predicted octanol–water partition coefficient (Wildman–Crippen LogP) is 0.782. The number of nitrogens with one attached hydrogen (secondary N) is 1. The molecule has 3 amide bonds. The van der Waals surface area contributed by atoms with Crippen molar-refractivity contribution in [2.75, 3.05) is 6.54 Å². The maximum Gasteiger partial charge on any atom is 0.333 e. The molecule has 0 atom stereocenters. The van der Waals surface area contributed by atoms with E-state index < -0.39 is 17.8 Å². The van der Waals surface area contributed by atoms with Crippen LogP contribution in [0.15, 0.2) is 0 Å². The van der Waals surface area contributed by atoms with Gasteiger partial charge in [0, 0.05) is 27.2 Å². The Morgan fingerprint density at radius 1 is 1.21 bits per heavy atom. The van der Waals surface area contributed by atoms with Crippen molar-refractivity contribution in [3.05, 3.63) is 0 Å². The summed E-state index contributed by atoms with van der Waals surface area (Å²) >= 11 is 0. The zero-order chi connectivity index (χ0) is 14.8. The van der Waals surface area contributed by atoms with Crippen molar-refractivity contribution in [3.63, 3.8) is 0 Å². The number of carbonyl (C=O) groups excluding carboxylic acids is 4. The second-order valence-electron chi connectivity index (χ2n) is 3.50. The lowest BCUT2D eigenvalue weighted by atomic mass is 10.3. The number of carbonyl (C=O) groups is 4. The van der Waals surface area contributed by atoms with Gasteiger partial charge in [0.1, 0.15) is 0 Å². The van der Waals surface area contributed by atoms with Crippen molar-refractivity contribution in [2.24, 2.45) is 0 Å². The molecule has 0 aromatic heterocycles. The molecule has 0 saturated carbocycles. The molecule has 0 aliphatic carbocycles. The highest BCUT2D eigenvalue weighted by atomic mass is 16.7. The summed E-state index contributed by atoms with van der Waals surface area (Å²) < 4.78 is 0. The van der Waals surface area contributed by atoms with Gasteiger partial charge in [0.15, 0.2) is 0 Å². The molecule has 1 heterocycles. The fourth-order valence-corrected chi connectivity index (χ4v) is 1.31. The van der Waals surface area contributed by atoms with Crippen molar-refractivity contribution in [1.29, 1.82) is 0 Å². The van der Waals surface area contributed by atoms with Crippen LogP contribution in [0.4, 0.5) is 0 Å². The van der Waals surface area contributed by atoms with E-state index in [0.29, 0.717) is 11.6 Å². The quantitative estimate of drug-likeness (QED) is 0.748. The predicted molar refractivity (Wildman–Crippen MR) is 68.6 cm³/mol. The Hall–Kier alpha value is -1.92. The van der Waals surface area contributed by atoms with Crippen LogP contribution in [0.3, 0.4) is 0 Å². The van der Waals surface area contributed by atoms with Gasteiger partial charge in [-0.15, -0.1) is 5.06 Å². The molecule has 7 nitrogen and oxygen atoms in total. The molecule has 0 spiro atoms. The number of hydrogen-bond donors (Lipinski definition) is 1. The van der Waals surface area contributed by atoms with Crippen LogP contribution < -0.4 is 5.32 Å². The lowest BCUT2D eigenvalue weighted by Gasteiger charge is -2.12. The molecule has 1 aliphatic heterocycles. The zero-order valence-electron chi connectivity index (χ0n) is 11.5. The van der Waals surface area contributed by atoms with Crippen molar-refractivity contribution >= 4 is 23.7 Å². The lowest BCUT2D eigenvalue weighted by molar-refractivity contribution is -0.197. The maximum atomic E-state index is 11.3. The third kappa shape index (κ3) is 5.98. The van der Waals surface area contributed by atoms with E-state index in [9.17, 15) is 19.2 Å². The van der Waals surface area contributed by atoms with Gasteiger partial charge < -0.3 is 10.2 Å². The normalized spacial score (nSPS) is 13.7. The number of nitrogens with zero attached hydrogens (tertiary/aromatic N) is 1. The number of hydrogen-bond acceptors (Lipinski definition) is 5. The van der Waals surface area contributed by atoms with Crippen LogP contribution >= 0.6 is 0 Å². The number of imide groups is 1. The van der Waals surface area contributed by atoms with E-state index in [1.54, 1.807) is 6.92 Å². The first kappa shape index (κ1) is 17.1. The van der Waals surface area contributed by atoms with Crippen molar-refractivity contribution in [1.82, 2.24) is 10.4 Å². The van der Waals surface area contributed by atoms with Crippen LogP contribution in [0.25, 0.3) is 0 Å². The van der Waals surface area contributed by atoms with Gasteiger partial charge in [-0.2, -0.15) is 0 Å². The van der Waals surface area contributed by atoms with Crippen LogP contribution in [0, 0.1) is 0 Å². The summed E-state index contributed by atoms with van der Waals surface area (Å²) in [5.41, 5.74) is 0. The Balaban J connectivity index is 0. The van der Waals surface area contributed by atoms with Gasteiger partial charge in [0.25, 0.3) is 11.8 Å². The molecule has 1 aliphatic rings. The van der Waals surface area contributed by atoms with Crippen LogP contribution in [-0.2, 0) is 24.0 Å². The fourth-order valence-electron chi connectivity index (χ4n) is 1.31. The SMILES string of the molecule is CC.CCNC(=O)CCC(=O)ON1C(=O)CCC1=O.[HH]. The monoisotopic (exact) mass is 274 g/mol. The number of amides is 3. The highest BCUT2D eigenvalue weighted by Crippen LogP contribution is 2.12. The lowest BCUT2D eigenvalue weighted by Crippen LogP contribution is -2.32. The second kappa shape index (κ2) is 9.07. The summed E-state index contributed by atoms with van der Waals surface area (Å²) in [6.07, 6.45) is -0.0728. The molecule has 1 N–H and O–H groups in total. The summed E-state index contributed by atoms with van der Waals surface area (Å²) in [5, 5.41) is 2.99. The molecule has 1 saturated heterocycles. The van der Waals surface area contributed by atoms with E-state index >= 15 is 0 Å². The number of rotatable bonds is 5. The molecule has 110 valence electrons. The summed E-state index contributed by atoms with van der Waals surface area (Å²) in [5.74, 6) is -2.09. The van der Waals surface area contributed by atoms with E-state index in [4.69, 9.17) is 0 Å². The van der Waals surface area contributed by atoms with Gasteiger partial charge in [-0.05, 0) is 6.92 Å². The Morgan fingerprint density at radius 2 is 1.74 bits per heavy atom. The Kier molecular flexibility index (Phi) is 8.15. The molecule has 0 bridgehead atoms. The molecule has 0 aromatic carbocycles. The first-order valence-electron chi connectivity index (χ1n) is 6.38. The summed E-state index contributed by atoms with van der Waals surface area (Å²) in [6.45, 7) is 6.24. The Labute approximate surface area is 113 Å².